The normalized spacial score (nSPS) is 15.9. The molecule has 6 rings (SSSR count). The minimum atomic E-state index is 0.366. The van der Waals surface area contributed by atoms with Crippen molar-refractivity contribution in [1.82, 2.24) is 4.98 Å². The minimum Gasteiger partial charge on any atom is -0.378 e. The van der Waals surface area contributed by atoms with E-state index in [0.29, 0.717) is 6.04 Å². The van der Waals surface area contributed by atoms with Crippen LogP contribution in [0.15, 0.2) is 79.0 Å². The van der Waals surface area contributed by atoms with Gasteiger partial charge in [0.1, 0.15) is 0 Å². The molecule has 1 aliphatic rings. The number of anilines is 1. The number of aromatic amines is 1. The average Bonchev–Trinajstić information content (AvgIpc) is 3.42. The Morgan fingerprint density at radius 1 is 0.852 bits per heavy atom. The van der Waals surface area contributed by atoms with Crippen LogP contribution < -0.4 is 5.32 Å². The van der Waals surface area contributed by atoms with Crippen molar-refractivity contribution in [2.45, 2.75) is 12.5 Å². The maximum absolute atomic E-state index is 3.67. The molecule has 0 fully saturated rings. The molecule has 0 radical (unpaired) electrons. The Labute approximate surface area is 161 Å². The summed E-state index contributed by atoms with van der Waals surface area (Å²) in [5, 5.41) is 6.26. The second-order valence-electron chi connectivity index (χ2n) is 7.25. The van der Waals surface area contributed by atoms with Crippen LogP contribution in [0.4, 0.5) is 5.69 Å². The van der Waals surface area contributed by atoms with Crippen LogP contribution in [0.1, 0.15) is 17.2 Å². The highest BCUT2D eigenvalue weighted by Crippen LogP contribution is 2.38. The fourth-order valence-electron chi connectivity index (χ4n) is 4.12. The van der Waals surface area contributed by atoms with Crippen molar-refractivity contribution >= 4 is 38.0 Å². The molecule has 0 saturated carbocycles. The van der Waals surface area contributed by atoms with Crippen LogP contribution >= 0.6 is 11.3 Å². The van der Waals surface area contributed by atoms with Gasteiger partial charge in [0, 0.05) is 27.0 Å². The fraction of sp³-hybridized carbons (Fsp3) is 0.0833. The van der Waals surface area contributed by atoms with Crippen LogP contribution in [-0.4, -0.2) is 4.98 Å². The highest BCUT2D eigenvalue weighted by molar-refractivity contribution is 7.22. The lowest BCUT2D eigenvalue weighted by atomic mass is 10.0. The fourth-order valence-corrected chi connectivity index (χ4v) is 5.16. The quantitative estimate of drug-likeness (QED) is 0.355. The molecule has 1 atom stereocenters. The van der Waals surface area contributed by atoms with E-state index in [4.69, 9.17) is 0 Å². The van der Waals surface area contributed by atoms with Crippen molar-refractivity contribution in [3.8, 4) is 10.4 Å². The van der Waals surface area contributed by atoms with Gasteiger partial charge in [-0.25, -0.2) is 0 Å². The molecular weight excluding hydrogens is 348 g/mol. The van der Waals surface area contributed by atoms with Gasteiger partial charge in [0.2, 0.25) is 0 Å². The first kappa shape index (κ1) is 15.1. The SMILES string of the molecule is c1ccc2c(c1)CC(c1ccc3sc(-c4ccc5cc[nH]c5c4)cc3c1)N2. The van der Waals surface area contributed by atoms with Gasteiger partial charge in [-0.05, 0) is 70.3 Å². The average molecular weight is 366 g/mol. The molecule has 2 N–H and O–H groups in total. The Morgan fingerprint density at radius 3 is 2.78 bits per heavy atom. The summed E-state index contributed by atoms with van der Waals surface area (Å²) in [7, 11) is 0. The van der Waals surface area contributed by atoms with Crippen molar-refractivity contribution in [1.29, 1.82) is 0 Å². The topological polar surface area (TPSA) is 27.8 Å². The van der Waals surface area contributed by atoms with E-state index in [9.17, 15) is 0 Å². The molecule has 27 heavy (non-hydrogen) atoms. The van der Waals surface area contributed by atoms with Gasteiger partial charge in [-0.1, -0.05) is 36.4 Å². The molecule has 3 heteroatoms. The second kappa shape index (κ2) is 5.73. The third kappa shape index (κ3) is 2.47. The number of para-hydroxylation sites is 1. The largest absolute Gasteiger partial charge is 0.378 e. The Kier molecular flexibility index (Phi) is 3.20. The third-order valence-electron chi connectivity index (χ3n) is 5.55. The van der Waals surface area contributed by atoms with Gasteiger partial charge in [0.15, 0.2) is 0 Å². The molecule has 130 valence electrons. The van der Waals surface area contributed by atoms with E-state index in [1.165, 1.54) is 48.2 Å². The number of rotatable bonds is 2. The maximum Gasteiger partial charge on any atom is 0.0555 e. The molecule has 3 aromatic carbocycles. The van der Waals surface area contributed by atoms with E-state index in [0.717, 1.165) is 6.42 Å². The summed E-state index contributed by atoms with van der Waals surface area (Å²) < 4.78 is 1.34. The van der Waals surface area contributed by atoms with Crippen molar-refractivity contribution in [3.05, 3.63) is 90.1 Å². The van der Waals surface area contributed by atoms with Gasteiger partial charge < -0.3 is 10.3 Å². The van der Waals surface area contributed by atoms with Gasteiger partial charge >= 0.3 is 0 Å². The molecule has 2 aromatic heterocycles. The van der Waals surface area contributed by atoms with E-state index in [2.05, 4.69) is 83.1 Å². The monoisotopic (exact) mass is 366 g/mol. The zero-order chi connectivity index (χ0) is 17.8. The zero-order valence-electron chi connectivity index (χ0n) is 14.7. The summed E-state index contributed by atoms with van der Waals surface area (Å²) in [6, 6.07) is 27.0. The van der Waals surface area contributed by atoms with Crippen LogP contribution in [0, 0.1) is 0 Å². The lowest BCUT2D eigenvalue weighted by molar-refractivity contribution is 0.826. The van der Waals surface area contributed by atoms with E-state index in [-0.39, 0.29) is 0 Å². The number of benzene rings is 3. The Morgan fingerprint density at radius 2 is 1.81 bits per heavy atom. The third-order valence-corrected chi connectivity index (χ3v) is 6.72. The molecule has 0 amide bonds. The lowest BCUT2D eigenvalue weighted by Crippen LogP contribution is -2.05. The molecule has 0 aliphatic carbocycles. The van der Waals surface area contributed by atoms with Gasteiger partial charge in [0.05, 0.1) is 6.04 Å². The molecule has 1 unspecified atom stereocenters. The summed E-state index contributed by atoms with van der Waals surface area (Å²) in [6.45, 7) is 0. The molecule has 0 spiro atoms. The minimum absolute atomic E-state index is 0.366. The summed E-state index contributed by atoms with van der Waals surface area (Å²) in [5.74, 6) is 0. The van der Waals surface area contributed by atoms with E-state index in [1.807, 2.05) is 17.5 Å². The van der Waals surface area contributed by atoms with E-state index in [1.54, 1.807) is 0 Å². The predicted molar refractivity (Wildman–Crippen MR) is 116 cm³/mol. The summed E-state index contributed by atoms with van der Waals surface area (Å²) in [6.07, 6.45) is 3.06. The van der Waals surface area contributed by atoms with Crippen LogP contribution in [0.2, 0.25) is 0 Å². The standard InChI is InChI=1S/C24H18N2S/c1-2-4-20-16(3-1)12-22(26-20)17-7-8-23-19(11-17)14-24(27-23)18-6-5-15-9-10-25-21(15)13-18/h1-11,13-14,22,25-26H,12H2. The Hall–Kier alpha value is -3.04. The first-order chi connectivity index (χ1) is 13.3. The number of hydrogen-bond acceptors (Lipinski definition) is 2. The van der Waals surface area contributed by atoms with Crippen molar-refractivity contribution in [3.63, 3.8) is 0 Å². The highest BCUT2D eigenvalue weighted by Gasteiger charge is 2.21. The lowest BCUT2D eigenvalue weighted by Gasteiger charge is -2.11. The smallest absolute Gasteiger partial charge is 0.0555 e. The molecule has 2 nitrogen and oxygen atoms in total. The summed E-state index contributed by atoms with van der Waals surface area (Å²) in [4.78, 5) is 4.64. The number of H-pyrrole nitrogens is 1. The van der Waals surface area contributed by atoms with E-state index < -0.39 is 0 Å². The molecule has 5 aromatic rings. The molecule has 0 bridgehead atoms. The number of aromatic nitrogens is 1. The Bertz CT molecular complexity index is 1270. The van der Waals surface area contributed by atoms with Crippen molar-refractivity contribution < 1.29 is 0 Å². The highest BCUT2D eigenvalue weighted by atomic mass is 32.1. The molecule has 3 heterocycles. The van der Waals surface area contributed by atoms with Crippen LogP contribution in [0.5, 0.6) is 0 Å². The summed E-state index contributed by atoms with van der Waals surface area (Å²) in [5.41, 5.74) is 6.52. The van der Waals surface area contributed by atoms with Gasteiger partial charge in [-0.15, -0.1) is 11.3 Å². The molecule has 1 aliphatic heterocycles. The molecule has 0 saturated heterocycles. The van der Waals surface area contributed by atoms with Crippen LogP contribution in [-0.2, 0) is 6.42 Å². The van der Waals surface area contributed by atoms with Crippen molar-refractivity contribution in [2.24, 2.45) is 0 Å². The predicted octanol–water partition coefficient (Wildman–Crippen LogP) is 6.76. The van der Waals surface area contributed by atoms with E-state index >= 15 is 0 Å². The second-order valence-corrected chi connectivity index (χ2v) is 8.33. The van der Waals surface area contributed by atoms with Crippen LogP contribution in [0.3, 0.4) is 0 Å². The number of fused-ring (bicyclic) bond motifs is 3. The van der Waals surface area contributed by atoms with Gasteiger partial charge in [0.25, 0.3) is 0 Å². The molecular formula is C24H18N2S. The van der Waals surface area contributed by atoms with Crippen molar-refractivity contribution in [2.75, 3.05) is 5.32 Å². The number of nitrogens with one attached hydrogen (secondary N) is 2. The van der Waals surface area contributed by atoms with Gasteiger partial charge in [-0.3, -0.25) is 0 Å². The summed E-state index contributed by atoms with van der Waals surface area (Å²) >= 11 is 1.87. The van der Waals surface area contributed by atoms with Gasteiger partial charge in [-0.2, -0.15) is 0 Å². The maximum atomic E-state index is 3.67. The Balaban J connectivity index is 1.37. The zero-order valence-corrected chi connectivity index (χ0v) is 15.5. The number of thiophene rings is 1. The number of hydrogen-bond donors (Lipinski definition) is 2. The first-order valence-corrected chi connectivity index (χ1v) is 10.1. The van der Waals surface area contributed by atoms with Crippen LogP contribution in [0.25, 0.3) is 31.4 Å². The first-order valence-electron chi connectivity index (χ1n) is 9.29.